The number of hydrogen-bond donors (Lipinski definition) is 1. The molecule has 0 aromatic heterocycles. The van der Waals surface area contributed by atoms with E-state index in [1.54, 1.807) is 6.07 Å². The molecule has 0 radical (unpaired) electrons. The van der Waals surface area contributed by atoms with E-state index in [0.717, 1.165) is 38.8 Å². The highest BCUT2D eigenvalue weighted by atomic mass is 16.3. The molecule has 2 aliphatic rings. The lowest BCUT2D eigenvalue weighted by Gasteiger charge is -2.32. The van der Waals surface area contributed by atoms with Crippen molar-refractivity contribution in [2.24, 2.45) is 5.41 Å². The molecule has 1 fully saturated rings. The highest BCUT2D eigenvalue weighted by Gasteiger charge is 2.70. The van der Waals surface area contributed by atoms with Crippen molar-refractivity contribution in [2.75, 3.05) is 13.1 Å². The first-order valence-corrected chi connectivity index (χ1v) is 8.10. The Kier molecular flexibility index (Phi) is 3.27. The molecule has 3 heteroatoms. The van der Waals surface area contributed by atoms with Gasteiger partial charge in [0.15, 0.2) is 0 Å². The zero-order valence-electron chi connectivity index (χ0n) is 13.3. The Balaban J connectivity index is 1.99. The third kappa shape index (κ3) is 1.90. The lowest BCUT2D eigenvalue weighted by molar-refractivity contribution is -0.136. The van der Waals surface area contributed by atoms with Gasteiger partial charge in [0.2, 0.25) is 5.91 Å². The van der Waals surface area contributed by atoms with Gasteiger partial charge in [0.25, 0.3) is 0 Å². The van der Waals surface area contributed by atoms with Crippen LogP contribution in [0.5, 0.6) is 5.75 Å². The molecule has 114 valence electrons. The Hall–Kier alpha value is -1.51. The van der Waals surface area contributed by atoms with Gasteiger partial charge in [0, 0.05) is 18.5 Å². The summed E-state index contributed by atoms with van der Waals surface area (Å²) in [6, 6.07) is 5.70. The Bertz CT molecular complexity index is 579. The van der Waals surface area contributed by atoms with E-state index in [1.165, 1.54) is 11.1 Å². The number of amides is 1. The van der Waals surface area contributed by atoms with Gasteiger partial charge in [-0.1, -0.05) is 6.07 Å². The Morgan fingerprint density at radius 1 is 1.33 bits per heavy atom. The van der Waals surface area contributed by atoms with Crippen molar-refractivity contribution in [1.82, 2.24) is 4.90 Å². The van der Waals surface area contributed by atoms with E-state index >= 15 is 0 Å². The molecule has 0 saturated heterocycles. The molecule has 0 bridgehead atoms. The summed E-state index contributed by atoms with van der Waals surface area (Å²) in [5.74, 6) is 0.600. The number of rotatable bonds is 3. The third-order valence-corrected chi connectivity index (χ3v) is 5.77. The Labute approximate surface area is 127 Å². The molecular formula is C18H25NO2. The quantitative estimate of drug-likeness (QED) is 0.927. The fraction of sp³-hybridized carbons (Fsp3) is 0.611. The van der Waals surface area contributed by atoms with Crippen LogP contribution in [-0.4, -0.2) is 29.0 Å². The molecule has 1 aromatic rings. The third-order valence-electron chi connectivity index (χ3n) is 5.77. The largest absolute Gasteiger partial charge is 0.508 e. The molecule has 0 aliphatic heterocycles. The number of benzene rings is 1. The van der Waals surface area contributed by atoms with Gasteiger partial charge in [0.1, 0.15) is 5.75 Å². The first-order valence-electron chi connectivity index (χ1n) is 8.10. The van der Waals surface area contributed by atoms with E-state index in [1.807, 2.05) is 30.9 Å². The average Bonchev–Trinajstić information content (AvgIpc) is 3.08. The van der Waals surface area contributed by atoms with Gasteiger partial charge in [0.05, 0.1) is 5.41 Å². The number of fused-ring (bicyclic) bond motifs is 2. The van der Waals surface area contributed by atoms with Crippen molar-refractivity contribution in [3.63, 3.8) is 0 Å². The van der Waals surface area contributed by atoms with Crippen LogP contribution in [0.3, 0.4) is 0 Å². The van der Waals surface area contributed by atoms with Crippen LogP contribution in [0, 0.1) is 5.41 Å². The number of nitrogens with zero attached hydrogens (tertiary/aromatic N) is 1. The van der Waals surface area contributed by atoms with Crippen LogP contribution >= 0.6 is 0 Å². The highest BCUT2D eigenvalue weighted by Crippen LogP contribution is 2.69. The van der Waals surface area contributed by atoms with Crippen molar-refractivity contribution >= 4 is 5.91 Å². The van der Waals surface area contributed by atoms with Crippen LogP contribution in [0.2, 0.25) is 0 Å². The summed E-state index contributed by atoms with van der Waals surface area (Å²) in [4.78, 5) is 14.9. The first kappa shape index (κ1) is 14.4. The zero-order valence-corrected chi connectivity index (χ0v) is 13.3. The van der Waals surface area contributed by atoms with Gasteiger partial charge in [-0.2, -0.15) is 0 Å². The highest BCUT2D eigenvalue weighted by molar-refractivity contribution is 5.89. The van der Waals surface area contributed by atoms with E-state index < -0.39 is 0 Å². The molecule has 1 aromatic carbocycles. The summed E-state index contributed by atoms with van der Waals surface area (Å²) in [6.45, 7) is 7.75. The second kappa shape index (κ2) is 4.75. The van der Waals surface area contributed by atoms with Gasteiger partial charge in [-0.15, -0.1) is 0 Å². The lowest BCUT2D eigenvalue weighted by atomic mass is 9.75. The molecule has 21 heavy (non-hydrogen) atoms. The van der Waals surface area contributed by atoms with Crippen LogP contribution < -0.4 is 0 Å². The molecule has 1 amide bonds. The van der Waals surface area contributed by atoms with Crippen LogP contribution in [-0.2, 0) is 16.6 Å². The first-order chi connectivity index (χ1) is 9.98. The minimum Gasteiger partial charge on any atom is -0.508 e. The van der Waals surface area contributed by atoms with Gasteiger partial charge in [-0.25, -0.2) is 0 Å². The maximum absolute atomic E-state index is 12.9. The molecule has 3 nitrogen and oxygen atoms in total. The van der Waals surface area contributed by atoms with Crippen LogP contribution in [0.15, 0.2) is 18.2 Å². The van der Waals surface area contributed by atoms with Crippen molar-refractivity contribution in [2.45, 2.75) is 51.9 Å². The number of aryl methyl sites for hydroxylation is 1. The average molecular weight is 287 g/mol. The van der Waals surface area contributed by atoms with E-state index in [4.69, 9.17) is 0 Å². The number of carbonyl (C=O) groups is 1. The number of aromatic hydroxyl groups is 1. The van der Waals surface area contributed by atoms with Crippen LogP contribution in [0.1, 0.15) is 51.2 Å². The van der Waals surface area contributed by atoms with Gasteiger partial charge < -0.3 is 10.0 Å². The molecule has 1 N–H and O–H groups in total. The molecular weight excluding hydrogens is 262 g/mol. The number of carbonyl (C=O) groups excluding carboxylic acids is 1. The molecule has 1 spiro atoms. The monoisotopic (exact) mass is 287 g/mol. The molecule has 3 rings (SSSR count). The van der Waals surface area contributed by atoms with E-state index in [9.17, 15) is 9.90 Å². The smallest absolute Gasteiger partial charge is 0.229 e. The molecule has 1 saturated carbocycles. The topological polar surface area (TPSA) is 40.5 Å². The second-order valence-corrected chi connectivity index (χ2v) is 6.76. The number of phenols is 1. The van der Waals surface area contributed by atoms with Crippen molar-refractivity contribution < 1.29 is 9.90 Å². The minimum atomic E-state index is -0.290. The zero-order chi connectivity index (χ0) is 15.3. The fourth-order valence-corrected chi connectivity index (χ4v) is 4.40. The van der Waals surface area contributed by atoms with Gasteiger partial charge in [-0.3, -0.25) is 4.79 Å². The number of phenolic OH excluding ortho intramolecular Hbond substituents is 1. The number of hydrogen-bond acceptors (Lipinski definition) is 2. The predicted molar refractivity (Wildman–Crippen MR) is 83.4 cm³/mol. The van der Waals surface area contributed by atoms with Gasteiger partial charge >= 0.3 is 0 Å². The van der Waals surface area contributed by atoms with Gasteiger partial charge in [-0.05, 0) is 69.7 Å². The standard InChI is InChI=1S/C18H25NO2/c1-4-19(5-2)16(21)17(3)12-18(17)10-6-7-13-8-9-14(20)11-15(13)18/h8-9,11,20H,4-7,10,12H2,1-3H3/t17-,18+/m0/s1. The van der Waals surface area contributed by atoms with Crippen LogP contribution in [0.25, 0.3) is 0 Å². The lowest BCUT2D eigenvalue weighted by Crippen LogP contribution is -2.40. The summed E-state index contributed by atoms with van der Waals surface area (Å²) in [5.41, 5.74) is 2.20. The fourth-order valence-electron chi connectivity index (χ4n) is 4.40. The maximum atomic E-state index is 12.9. The summed E-state index contributed by atoms with van der Waals surface area (Å²) >= 11 is 0. The molecule has 0 unspecified atom stereocenters. The van der Waals surface area contributed by atoms with E-state index in [0.29, 0.717) is 5.75 Å². The molecule has 2 aliphatic carbocycles. The van der Waals surface area contributed by atoms with E-state index in [-0.39, 0.29) is 16.7 Å². The Morgan fingerprint density at radius 3 is 2.71 bits per heavy atom. The second-order valence-electron chi connectivity index (χ2n) is 6.76. The van der Waals surface area contributed by atoms with Crippen molar-refractivity contribution in [3.05, 3.63) is 29.3 Å². The van der Waals surface area contributed by atoms with E-state index in [2.05, 4.69) is 6.92 Å². The minimum absolute atomic E-state index is 0.0427. The van der Waals surface area contributed by atoms with Crippen LogP contribution in [0.4, 0.5) is 0 Å². The summed E-state index contributed by atoms with van der Waals surface area (Å²) in [6.07, 6.45) is 4.19. The summed E-state index contributed by atoms with van der Waals surface area (Å²) in [5, 5.41) is 9.86. The molecule has 2 atom stereocenters. The van der Waals surface area contributed by atoms with Crippen molar-refractivity contribution in [1.29, 1.82) is 0 Å². The summed E-state index contributed by atoms with van der Waals surface area (Å²) < 4.78 is 0. The summed E-state index contributed by atoms with van der Waals surface area (Å²) in [7, 11) is 0. The maximum Gasteiger partial charge on any atom is 0.229 e. The predicted octanol–water partition coefficient (Wildman–Crippen LogP) is 3.24. The normalized spacial score (nSPS) is 30.0. The Morgan fingerprint density at radius 2 is 2.05 bits per heavy atom. The SMILES string of the molecule is CCN(CC)C(=O)[C@]1(C)C[C@@]12CCCc1ccc(O)cc12. The van der Waals surface area contributed by atoms with Crippen molar-refractivity contribution in [3.8, 4) is 5.75 Å². The molecule has 0 heterocycles.